The standard InChI is InChI=1S/C17H16N4O3/c22-16(11-21-15-9-5-4-8-14(15)19-20-21)18-10-17(23)24-12-13-6-2-1-3-7-13/h1-9H,10-12H2,(H,18,22). The van der Waals surface area contributed by atoms with Crippen molar-refractivity contribution < 1.29 is 14.3 Å². The third-order valence-corrected chi connectivity index (χ3v) is 3.39. The number of esters is 1. The minimum absolute atomic E-state index is 0.00746. The summed E-state index contributed by atoms with van der Waals surface area (Å²) in [6.07, 6.45) is 0. The Morgan fingerprint density at radius 3 is 2.62 bits per heavy atom. The number of benzene rings is 2. The van der Waals surface area contributed by atoms with Crippen molar-refractivity contribution in [2.24, 2.45) is 0 Å². The highest BCUT2D eigenvalue weighted by Crippen LogP contribution is 2.09. The minimum Gasteiger partial charge on any atom is -0.460 e. The van der Waals surface area contributed by atoms with E-state index >= 15 is 0 Å². The number of para-hydroxylation sites is 1. The van der Waals surface area contributed by atoms with Gasteiger partial charge in [-0.05, 0) is 17.7 Å². The number of nitrogens with zero attached hydrogens (tertiary/aromatic N) is 3. The van der Waals surface area contributed by atoms with E-state index in [2.05, 4.69) is 15.6 Å². The van der Waals surface area contributed by atoms with Gasteiger partial charge < -0.3 is 10.1 Å². The molecule has 0 radical (unpaired) electrons. The summed E-state index contributed by atoms with van der Waals surface area (Å²) in [5.74, 6) is -0.821. The molecule has 0 unspecified atom stereocenters. The zero-order chi connectivity index (χ0) is 16.8. The smallest absolute Gasteiger partial charge is 0.325 e. The Labute approximate surface area is 138 Å². The zero-order valence-corrected chi connectivity index (χ0v) is 12.9. The van der Waals surface area contributed by atoms with Crippen LogP contribution in [-0.4, -0.2) is 33.4 Å². The predicted molar refractivity (Wildman–Crippen MR) is 86.8 cm³/mol. The van der Waals surface area contributed by atoms with Crippen molar-refractivity contribution in [2.45, 2.75) is 13.2 Å². The molecule has 0 saturated carbocycles. The number of fused-ring (bicyclic) bond motifs is 1. The first-order chi connectivity index (χ1) is 11.7. The summed E-state index contributed by atoms with van der Waals surface area (Å²) in [4.78, 5) is 23.6. The maximum absolute atomic E-state index is 11.9. The number of ether oxygens (including phenoxy) is 1. The van der Waals surface area contributed by atoms with Gasteiger partial charge in [0.25, 0.3) is 0 Å². The molecular formula is C17H16N4O3. The first-order valence-electron chi connectivity index (χ1n) is 7.47. The lowest BCUT2D eigenvalue weighted by atomic mass is 10.2. The normalized spacial score (nSPS) is 10.5. The summed E-state index contributed by atoms with van der Waals surface area (Å²) in [5, 5.41) is 10.4. The summed E-state index contributed by atoms with van der Waals surface area (Å²) >= 11 is 0. The molecule has 3 rings (SSSR count). The van der Waals surface area contributed by atoms with Crippen molar-refractivity contribution in [1.82, 2.24) is 20.3 Å². The molecule has 7 nitrogen and oxygen atoms in total. The molecule has 0 aliphatic carbocycles. The number of nitrogens with one attached hydrogen (secondary N) is 1. The maximum Gasteiger partial charge on any atom is 0.325 e. The number of carbonyl (C=O) groups is 2. The van der Waals surface area contributed by atoms with Crippen LogP contribution in [0.4, 0.5) is 0 Å². The van der Waals surface area contributed by atoms with Crippen molar-refractivity contribution in [3.8, 4) is 0 Å². The lowest BCUT2D eigenvalue weighted by molar-refractivity contribution is -0.145. The second-order valence-corrected chi connectivity index (χ2v) is 5.16. The number of amides is 1. The fourth-order valence-electron chi connectivity index (χ4n) is 2.19. The van der Waals surface area contributed by atoms with Gasteiger partial charge in [0.15, 0.2) is 0 Å². The Kier molecular flexibility index (Phi) is 4.81. The van der Waals surface area contributed by atoms with E-state index in [1.807, 2.05) is 54.6 Å². The van der Waals surface area contributed by atoms with Gasteiger partial charge in [-0.2, -0.15) is 0 Å². The van der Waals surface area contributed by atoms with Crippen molar-refractivity contribution in [3.05, 3.63) is 60.2 Å². The van der Waals surface area contributed by atoms with Gasteiger partial charge in [-0.25, -0.2) is 4.68 Å². The first-order valence-corrected chi connectivity index (χ1v) is 7.47. The van der Waals surface area contributed by atoms with E-state index in [4.69, 9.17) is 4.74 Å². The molecule has 0 spiro atoms. The summed E-state index contributed by atoms with van der Waals surface area (Å²) in [5.41, 5.74) is 2.37. The Balaban J connectivity index is 1.46. The monoisotopic (exact) mass is 324 g/mol. The third-order valence-electron chi connectivity index (χ3n) is 3.39. The molecule has 0 fully saturated rings. The molecule has 2 aromatic carbocycles. The molecule has 122 valence electrons. The van der Waals surface area contributed by atoms with E-state index in [0.717, 1.165) is 11.1 Å². The SMILES string of the molecule is O=C(Cn1nnc2ccccc21)NCC(=O)OCc1ccccc1. The summed E-state index contributed by atoms with van der Waals surface area (Å²) in [7, 11) is 0. The fourth-order valence-corrected chi connectivity index (χ4v) is 2.19. The minimum atomic E-state index is -0.490. The Hall–Kier alpha value is -3.22. The summed E-state index contributed by atoms with van der Waals surface area (Å²) in [6.45, 7) is -0.00592. The van der Waals surface area contributed by atoms with Gasteiger partial charge in [0, 0.05) is 0 Å². The van der Waals surface area contributed by atoms with Crippen molar-refractivity contribution >= 4 is 22.9 Å². The Morgan fingerprint density at radius 2 is 1.79 bits per heavy atom. The molecule has 3 aromatic rings. The van der Waals surface area contributed by atoms with Crippen LogP contribution in [0.25, 0.3) is 11.0 Å². The molecule has 1 N–H and O–H groups in total. The summed E-state index contributed by atoms with van der Waals surface area (Å²) in [6, 6.07) is 16.7. The lowest BCUT2D eigenvalue weighted by Gasteiger charge is -2.07. The van der Waals surface area contributed by atoms with E-state index in [0.29, 0.717) is 5.52 Å². The van der Waals surface area contributed by atoms with E-state index in [1.165, 1.54) is 4.68 Å². The first kappa shape index (κ1) is 15.7. The second kappa shape index (κ2) is 7.36. The molecule has 1 aromatic heterocycles. The lowest BCUT2D eigenvalue weighted by Crippen LogP contribution is -2.33. The highest BCUT2D eigenvalue weighted by Gasteiger charge is 2.10. The van der Waals surface area contributed by atoms with Crippen LogP contribution >= 0.6 is 0 Å². The molecule has 0 bridgehead atoms. The fraction of sp³-hybridized carbons (Fsp3) is 0.176. The van der Waals surface area contributed by atoms with Gasteiger partial charge in [0.05, 0.1) is 5.52 Å². The number of aromatic nitrogens is 3. The summed E-state index contributed by atoms with van der Waals surface area (Å²) < 4.78 is 6.58. The van der Waals surface area contributed by atoms with Crippen LogP contribution in [0.3, 0.4) is 0 Å². The van der Waals surface area contributed by atoms with E-state index in [1.54, 1.807) is 0 Å². The van der Waals surface area contributed by atoms with Crippen LogP contribution in [0.2, 0.25) is 0 Å². The van der Waals surface area contributed by atoms with Crippen LogP contribution < -0.4 is 5.32 Å². The average molecular weight is 324 g/mol. The molecule has 7 heteroatoms. The molecule has 0 aliphatic heterocycles. The van der Waals surface area contributed by atoms with Crippen LogP contribution in [0.5, 0.6) is 0 Å². The third kappa shape index (κ3) is 3.95. The van der Waals surface area contributed by atoms with Gasteiger partial charge in [0.2, 0.25) is 5.91 Å². The van der Waals surface area contributed by atoms with Crippen molar-refractivity contribution in [2.75, 3.05) is 6.54 Å². The van der Waals surface area contributed by atoms with E-state index in [-0.39, 0.29) is 25.6 Å². The van der Waals surface area contributed by atoms with Crippen molar-refractivity contribution in [1.29, 1.82) is 0 Å². The average Bonchev–Trinajstić information content (AvgIpc) is 3.02. The highest BCUT2D eigenvalue weighted by molar-refractivity contribution is 5.83. The molecule has 0 aliphatic rings. The number of hydrogen-bond donors (Lipinski definition) is 1. The Bertz CT molecular complexity index is 845. The highest BCUT2D eigenvalue weighted by atomic mass is 16.5. The Morgan fingerprint density at radius 1 is 1.04 bits per heavy atom. The van der Waals surface area contributed by atoms with Crippen LogP contribution in [-0.2, 0) is 27.5 Å². The molecule has 24 heavy (non-hydrogen) atoms. The maximum atomic E-state index is 11.9. The van der Waals surface area contributed by atoms with Crippen molar-refractivity contribution in [3.63, 3.8) is 0 Å². The number of rotatable bonds is 6. The van der Waals surface area contributed by atoms with E-state index in [9.17, 15) is 9.59 Å². The van der Waals surface area contributed by atoms with Crippen LogP contribution in [0.1, 0.15) is 5.56 Å². The molecular weight excluding hydrogens is 308 g/mol. The number of carbonyl (C=O) groups excluding carboxylic acids is 2. The zero-order valence-electron chi connectivity index (χ0n) is 12.9. The van der Waals surface area contributed by atoms with Gasteiger partial charge >= 0.3 is 5.97 Å². The van der Waals surface area contributed by atoms with Gasteiger partial charge in [-0.3, -0.25) is 9.59 Å². The van der Waals surface area contributed by atoms with Gasteiger partial charge in [0.1, 0.15) is 25.2 Å². The second-order valence-electron chi connectivity index (χ2n) is 5.16. The van der Waals surface area contributed by atoms with Gasteiger partial charge in [-0.15, -0.1) is 5.10 Å². The predicted octanol–water partition coefficient (Wildman–Crippen LogP) is 1.29. The molecule has 1 heterocycles. The van der Waals surface area contributed by atoms with Crippen LogP contribution in [0.15, 0.2) is 54.6 Å². The van der Waals surface area contributed by atoms with E-state index < -0.39 is 5.97 Å². The van der Waals surface area contributed by atoms with Gasteiger partial charge in [-0.1, -0.05) is 47.7 Å². The molecule has 0 saturated heterocycles. The van der Waals surface area contributed by atoms with Crippen LogP contribution in [0, 0.1) is 0 Å². The quantitative estimate of drug-likeness (QED) is 0.691. The largest absolute Gasteiger partial charge is 0.460 e. The molecule has 1 amide bonds. The topological polar surface area (TPSA) is 86.1 Å². The number of hydrogen-bond acceptors (Lipinski definition) is 5. The molecule has 0 atom stereocenters.